The number of aryl methyl sites for hydroxylation is 2. The van der Waals surface area contributed by atoms with Gasteiger partial charge in [-0.05, 0) is 30.5 Å². The molecule has 0 unspecified atom stereocenters. The number of benzene rings is 1. The maximum Gasteiger partial charge on any atom is 0.335 e. The Morgan fingerprint density at radius 2 is 1.96 bits per heavy atom. The molecule has 0 atom stereocenters. The summed E-state index contributed by atoms with van der Waals surface area (Å²) < 4.78 is 0. The summed E-state index contributed by atoms with van der Waals surface area (Å²) in [4.78, 5) is 27.0. The van der Waals surface area contributed by atoms with Gasteiger partial charge in [0.15, 0.2) is 0 Å². The van der Waals surface area contributed by atoms with Crippen LogP contribution >= 0.6 is 11.3 Å². The Kier molecular flexibility index (Phi) is 6.29. The normalized spacial score (nSPS) is 10.5. The van der Waals surface area contributed by atoms with Crippen molar-refractivity contribution in [1.29, 1.82) is 0 Å². The van der Waals surface area contributed by atoms with Gasteiger partial charge in [0, 0.05) is 24.8 Å². The minimum atomic E-state index is -0.942. The van der Waals surface area contributed by atoms with Crippen LogP contribution in [0.3, 0.4) is 0 Å². The first-order valence-corrected chi connectivity index (χ1v) is 8.48. The van der Waals surface area contributed by atoms with Crippen LogP contribution in [0.25, 0.3) is 0 Å². The number of aromatic nitrogens is 1. The zero-order chi connectivity index (χ0) is 16.7. The second-order valence-corrected chi connectivity index (χ2v) is 6.13. The lowest BCUT2D eigenvalue weighted by atomic mass is 10.1. The topological polar surface area (TPSA) is 79.3 Å². The van der Waals surface area contributed by atoms with Crippen LogP contribution in [0.15, 0.2) is 29.6 Å². The van der Waals surface area contributed by atoms with Crippen molar-refractivity contribution in [3.8, 4) is 0 Å². The summed E-state index contributed by atoms with van der Waals surface area (Å²) in [5.74, 6) is -0.944. The summed E-state index contributed by atoms with van der Waals surface area (Å²) in [5.41, 5.74) is 2.24. The van der Waals surface area contributed by atoms with Gasteiger partial charge in [-0.25, -0.2) is 9.78 Å². The Balaban J connectivity index is 1.69. The average Bonchev–Trinajstić information content (AvgIpc) is 3.01. The molecule has 23 heavy (non-hydrogen) atoms. The highest BCUT2D eigenvalue weighted by Crippen LogP contribution is 2.10. The number of nitrogens with one attached hydrogen (secondary N) is 1. The molecule has 1 aromatic carbocycles. The van der Waals surface area contributed by atoms with Crippen LogP contribution in [0.2, 0.25) is 0 Å². The van der Waals surface area contributed by atoms with E-state index in [1.54, 1.807) is 35.6 Å². The number of carboxylic acid groups (broad SMARTS) is 1. The lowest BCUT2D eigenvalue weighted by Crippen LogP contribution is -2.25. The van der Waals surface area contributed by atoms with E-state index in [4.69, 9.17) is 5.11 Å². The molecule has 2 aromatic rings. The SMILES string of the molecule is CCc1nc(CCNC(=O)CCc2ccc(C(=O)O)cc2)cs1. The van der Waals surface area contributed by atoms with Crippen LogP contribution in [-0.2, 0) is 24.1 Å². The van der Waals surface area contributed by atoms with Gasteiger partial charge in [0.2, 0.25) is 5.91 Å². The number of nitrogens with zero attached hydrogens (tertiary/aromatic N) is 1. The number of rotatable bonds is 8. The maximum atomic E-state index is 11.8. The maximum absolute atomic E-state index is 11.8. The Morgan fingerprint density at radius 3 is 2.57 bits per heavy atom. The summed E-state index contributed by atoms with van der Waals surface area (Å²) >= 11 is 1.65. The predicted molar refractivity (Wildman–Crippen MR) is 89.9 cm³/mol. The van der Waals surface area contributed by atoms with Crippen molar-refractivity contribution in [2.24, 2.45) is 0 Å². The predicted octanol–water partition coefficient (Wildman–Crippen LogP) is 2.70. The Labute approximate surface area is 139 Å². The quantitative estimate of drug-likeness (QED) is 0.779. The molecule has 5 nitrogen and oxygen atoms in total. The number of carbonyl (C=O) groups excluding carboxylic acids is 1. The third kappa shape index (κ3) is 5.49. The molecule has 0 aliphatic heterocycles. The van der Waals surface area contributed by atoms with Gasteiger partial charge >= 0.3 is 5.97 Å². The van der Waals surface area contributed by atoms with E-state index in [1.807, 2.05) is 5.38 Å². The van der Waals surface area contributed by atoms with Crippen molar-refractivity contribution in [3.05, 3.63) is 51.5 Å². The van der Waals surface area contributed by atoms with E-state index in [1.165, 1.54) is 0 Å². The van der Waals surface area contributed by atoms with E-state index >= 15 is 0 Å². The largest absolute Gasteiger partial charge is 0.478 e. The smallest absolute Gasteiger partial charge is 0.335 e. The zero-order valence-electron chi connectivity index (χ0n) is 13.0. The van der Waals surface area contributed by atoms with E-state index in [2.05, 4.69) is 17.2 Å². The fourth-order valence-electron chi connectivity index (χ4n) is 2.12. The van der Waals surface area contributed by atoms with E-state index < -0.39 is 5.97 Å². The zero-order valence-corrected chi connectivity index (χ0v) is 13.9. The molecule has 2 N–H and O–H groups in total. The number of thiazole rings is 1. The molecular formula is C17H20N2O3S. The Bertz CT molecular complexity index is 665. The van der Waals surface area contributed by atoms with Crippen LogP contribution in [0.1, 0.15) is 40.0 Å². The van der Waals surface area contributed by atoms with E-state index in [-0.39, 0.29) is 11.5 Å². The van der Waals surface area contributed by atoms with Crippen molar-refractivity contribution in [3.63, 3.8) is 0 Å². The van der Waals surface area contributed by atoms with Crippen molar-refractivity contribution < 1.29 is 14.7 Å². The highest BCUT2D eigenvalue weighted by molar-refractivity contribution is 7.09. The molecule has 1 heterocycles. The number of hydrogen-bond acceptors (Lipinski definition) is 4. The standard InChI is InChI=1S/C17H20N2O3S/c1-2-16-19-14(11-23-16)9-10-18-15(20)8-5-12-3-6-13(7-4-12)17(21)22/h3-4,6-7,11H,2,5,8-10H2,1H3,(H,18,20)(H,21,22). The van der Waals surface area contributed by atoms with Gasteiger partial charge in [0.05, 0.1) is 16.3 Å². The molecule has 0 bridgehead atoms. The molecule has 122 valence electrons. The summed E-state index contributed by atoms with van der Waals surface area (Å²) in [5, 5.41) is 14.9. The lowest BCUT2D eigenvalue weighted by molar-refractivity contribution is -0.121. The molecule has 0 radical (unpaired) electrons. The number of aromatic carboxylic acids is 1. The third-order valence-corrected chi connectivity index (χ3v) is 4.49. The first-order chi connectivity index (χ1) is 11.1. The van der Waals surface area contributed by atoms with Gasteiger partial charge in [0.1, 0.15) is 0 Å². The van der Waals surface area contributed by atoms with Gasteiger partial charge in [0.25, 0.3) is 0 Å². The van der Waals surface area contributed by atoms with E-state index in [0.29, 0.717) is 19.4 Å². The van der Waals surface area contributed by atoms with Gasteiger partial charge in [-0.2, -0.15) is 0 Å². The van der Waals surface area contributed by atoms with Gasteiger partial charge < -0.3 is 10.4 Å². The summed E-state index contributed by atoms with van der Waals surface area (Å²) in [6.07, 6.45) is 2.68. The molecule has 1 aromatic heterocycles. The minimum absolute atomic E-state index is 0.00162. The van der Waals surface area contributed by atoms with Crippen molar-refractivity contribution in [2.75, 3.05) is 6.54 Å². The highest BCUT2D eigenvalue weighted by atomic mass is 32.1. The Morgan fingerprint density at radius 1 is 1.22 bits per heavy atom. The molecule has 1 amide bonds. The first kappa shape index (κ1) is 17.1. The fraction of sp³-hybridized carbons (Fsp3) is 0.353. The number of carbonyl (C=O) groups is 2. The number of hydrogen-bond donors (Lipinski definition) is 2. The molecule has 0 spiro atoms. The molecule has 0 saturated heterocycles. The molecule has 6 heteroatoms. The second-order valence-electron chi connectivity index (χ2n) is 5.19. The van der Waals surface area contributed by atoms with Crippen molar-refractivity contribution in [1.82, 2.24) is 10.3 Å². The van der Waals surface area contributed by atoms with Gasteiger partial charge in [-0.15, -0.1) is 11.3 Å². The average molecular weight is 332 g/mol. The molecule has 0 fully saturated rings. The van der Waals surface area contributed by atoms with Crippen LogP contribution in [0.4, 0.5) is 0 Å². The Hall–Kier alpha value is -2.21. The summed E-state index contributed by atoms with van der Waals surface area (Å²) in [7, 11) is 0. The van der Waals surface area contributed by atoms with E-state index in [0.717, 1.165) is 29.1 Å². The molecular weight excluding hydrogens is 312 g/mol. The van der Waals surface area contributed by atoms with Crippen LogP contribution in [-0.4, -0.2) is 28.5 Å². The van der Waals surface area contributed by atoms with Crippen LogP contribution in [0, 0.1) is 0 Å². The molecule has 0 saturated carbocycles. The van der Waals surface area contributed by atoms with Crippen molar-refractivity contribution >= 4 is 23.2 Å². The number of carboxylic acids is 1. The monoisotopic (exact) mass is 332 g/mol. The van der Waals surface area contributed by atoms with E-state index in [9.17, 15) is 9.59 Å². The van der Waals surface area contributed by atoms with Crippen molar-refractivity contribution in [2.45, 2.75) is 32.6 Å². The highest BCUT2D eigenvalue weighted by Gasteiger charge is 2.05. The third-order valence-electron chi connectivity index (χ3n) is 3.45. The van der Waals surface area contributed by atoms with Crippen LogP contribution in [0.5, 0.6) is 0 Å². The summed E-state index contributed by atoms with van der Waals surface area (Å²) in [6.45, 7) is 2.66. The van der Waals surface area contributed by atoms with Crippen LogP contribution < -0.4 is 5.32 Å². The lowest BCUT2D eigenvalue weighted by Gasteiger charge is -2.05. The minimum Gasteiger partial charge on any atom is -0.478 e. The fourth-order valence-corrected chi connectivity index (χ4v) is 2.90. The first-order valence-electron chi connectivity index (χ1n) is 7.60. The summed E-state index contributed by atoms with van der Waals surface area (Å²) in [6, 6.07) is 6.61. The molecule has 2 rings (SSSR count). The molecule has 0 aliphatic rings. The van der Waals surface area contributed by atoms with Gasteiger partial charge in [-0.1, -0.05) is 19.1 Å². The second kappa shape index (κ2) is 8.43. The van der Waals surface area contributed by atoms with Gasteiger partial charge in [-0.3, -0.25) is 4.79 Å². The molecule has 0 aliphatic carbocycles. The number of amides is 1.